The third-order valence-corrected chi connectivity index (χ3v) is 2.92. The zero-order chi connectivity index (χ0) is 11.9. The first-order valence-electron chi connectivity index (χ1n) is 6.00. The molecule has 0 atom stereocenters. The molecule has 2 rings (SSSR count). The van der Waals surface area contributed by atoms with Crippen molar-refractivity contribution < 1.29 is 0 Å². The van der Waals surface area contributed by atoms with E-state index in [1.54, 1.807) is 0 Å². The Labute approximate surface area is 100 Å². The van der Waals surface area contributed by atoms with Crippen LogP contribution in [0.25, 0.3) is 0 Å². The van der Waals surface area contributed by atoms with Gasteiger partial charge in [0, 0.05) is 19.0 Å². The largest absolute Gasteiger partial charge is 0.353 e. The van der Waals surface area contributed by atoms with Crippen LogP contribution in [-0.4, -0.2) is 33.7 Å². The van der Waals surface area contributed by atoms with Gasteiger partial charge in [0.15, 0.2) is 0 Å². The Morgan fingerprint density at radius 2 is 2.35 bits per heavy atom. The molecule has 0 unspecified atom stereocenters. The van der Waals surface area contributed by atoms with E-state index in [2.05, 4.69) is 30.9 Å². The van der Waals surface area contributed by atoms with Crippen LogP contribution in [0, 0.1) is 0 Å². The first-order chi connectivity index (χ1) is 8.38. The molecule has 94 valence electrons. The summed E-state index contributed by atoms with van der Waals surface area (Å²) in [5, 5.41) is 9.90. The van der Waals surface area contributed by atoms with E-state index in [1.807, 2.05) is 0 Å². The fourth-order valence-corrected chi connectivity index (χ4v) is 2.02. The molecule has 1 aliphatic rings. The number of nitrogens with zero attached hydrogens (tertiary/aromatic N) is 3. The average molecular weight is 237 g/mol. The normalized spacial score (nSPS) is 17.4. The minimum Gasteiger partial charge on any atom is -0.353 e. The van der Waals surface area contributed by atoms with Gasteiger partial charge in [-0.25, -0.2) is 10.8 Å². The first kappa shape index (κ1) is 11.8. The Kier molecular flexibility index (Phi) is 4.31. The van der Waals surface area contributed by atoms with Gasteiger partial charge in [0.25, 0.3) is 0 Å². The van der Waals surface area contributed by atoms with E-state index >= 15 is 0 Å². The highest BCUT2D eigenvalue weighted by Crippen LogP contribution is 2.17. The SMILES string of the molecule is NNC(=NCCc1ncn[nH]1)NC1CCCC1. The molecule has 0 saturated heterocycles. The lowest BCUT2D eigenvalue weighted by atomic mass is 10.2. The van der Waals surface area contributed by atoms with Crippen molar-refractivity contribution in [1.29, 1.82) is 0 Å². The quantitative estimate of drug-likeness (QED) is 0.249. The smallest absolute Gasteiger partial charge is 0.205 e. The predicted octanol–water partition coefficient (Wildman–Crippen LogP) is -0.301. The van der Waals surface area contributed by atoms with E-state index in [0.717, 1.165) is 12.2 Å². The van der Waals surface area contributed by atoms with Crippen LogP contribution in [0.4, 0.5) is 0 Å². The van der Waals surface area contributed by atoms with Crippen LogP contribution < -0.4 is 16.6 Å². The molecule has 17 heavy (non-hydrogen) atoms. The summed E-state index contributed by atoms with van der Waals surface area (Å²) in [6.07, 6.45) is 7.20. The molecule has 1 heterocycles. The van der Waals surface area contributed by atoms with Crippen molar-refractivity contribution in [2.24, 2.45) is 10.8 Å². The summed E-state index contributed by atoms with van der Waals surface area (Å²) in [7, 11) is 0. The molecule has 1 fully saturated rings. The third-order valence-electron chi connectivity index (χ3n) is 2.92. The number of nitrogens with two attached hydrogens (primary N) is 1. The minimum absolute atomic E-state index is 0.509. The highest BCUT2D eigenvalue weighted by molar-refractivity contribution is 5.79. The Bertz CT molecular complexity index is 340. The fourth-order valence-electron chi connectivity index (χ4n) is 2.02. The van der Waals surface area contributed by atoms with E-state index in [0.29, 0.717) is 18.5 Å². The first-order valence-corrected chi connectivity index (χ1v) is 6.00. The van der Waals surface area contributed by atoms with E-state index in [4.69, 9.17) is 5.84 Å². The van der Waals surface area contributed by atoms with Gasteiger partial charge in [0.05, 0.1) is 0 Å². The van der Waals surface area contributed by atoms with Crippen molar-refractivity contribution in [3.63, 3.8) is 0 Å². The molecule has 0 aromatic carbocycles. The second-order valence-electron chi connectivity index (χ2n) is 4.18. The summed E-state index contributed by atoms with van der Waals surface area (Å²) in [6.45, 7) is 0.633. The maximum Gasteiger partial charge on any atom is 0.205 e. The Morgan fingerprint density at radius 1 is 1.53 bits per heavy atom. The van der Waals surface area contributed by atoms with Crippen molar-refractivity contribution in [1.82, 2.24) is 25.9 Å². The van der Waals surface area contributed by atoms with Gasteiger partial charge in [-0.3, -0.25) is 15.5 Å². The Morgan fingerprint density at radius 3 is 3.00 bits per heavy atom. The third kappa shape index (κ3) is 3.70. The molecule has 0 radical (unpaired) electrons. The van der Waals surface area contributed by atoms with Crippen molar-refractivity contribution >= 4 is 5.96 Å². The maximum absolute atomic E-state index is 5.43. The van der Waals surface area contributed by atoms with Gasteiger partial charge in [-0.1, -0.05) is 12.8 Å². The van der Waals surface area contributed by atoms with Gasteiger partial charge in [0.2, 0.25) is 5.96 Å². The molecule has 1 saturated carbocycles. The van der Waals surface area contributed by atoms with Crippen molar-refractivity contribution in [3.05, 3.63) is 12.2 Å². The highest BCUT2D eigenvalue weighted by atomic mass is 15.3. The standard InChI is InChI=1S/C10H19N7/c11-16-10(15-8-3-1-2-4-8)12-6-5-9-13-7-14-17-9/h7-8H,1-6,11H2,(H2,12,15,16)(H,13,14,17). The van der Waals surface area contributed by atoms with Gasteiger partial charge in [-0.15, -0.1) is 0 Å². The molecule has 0 aliphatic heterocycles. The number of aromatic amines is 1. The Balaban J connectivity index is 1.76. The van der Waals surface area contributed by atoms with Crippen LogP contribution in [0.15, 0.2) is 11.3 Å². The molecule has 1 aromatic heterocycles. The van der Waals surface area contributed by atoms with Gasteiger partial charge in [-0.2, -0.15) is 5.10 Å². The van der Waals surface area contributed by atoms with E-state index < -0.39 is 0 Å². The van der Waals surface area contributed by atoms with Gasteiger partial charge in [-0.05, 0) is 12.8 Å². The van der Waals surface area contributed by atoms with Crippen molar-refractivity contribution in [2.75, 3.05) is 6.54 Å². The summed E-state index contributed by atoms with van der Waals surface area (Å²) in [4.78, 5) is 8.40. The second-order valence-corrected chi connectivity index (χ2v) is 4.18. The lowest BCUT2D eigenvalue weighted by molar-refractivity contribution is 0.614. The van der Waals surface area contributed by atoms with Crippen LogP contribution in [0.1, 0.15) is 31.5 Å². The summed E-state index contributed by atoms with van der Waals surface area (Å²) in [6, 6.07) is 0.509. The Hall–Kier alpha value is -1.63. The highest BCUT2D eigenvalue weighted by Gasteiger charge is 2.15. The molecule has 1 aromatic rings. The van der Waals surface area contributed by atoms with Gasteiger partial charge in [0.1, 0.15) is 12.2 Å². The topological polar surface area (TPSA) is 104 Å². The number of guanidine groups is 1. The number of hydrogen-bond acceptors (Lipinski definition) is 4. The monoisotopic (exact) mass is 237 g/mol. The molecule has 1 aliphatic carbocycles. The van der Waals surface area contributed by atoms with Gasteiger partial charge >= 0.3 is 0 Å². The van der Waals surface area contributed by atoms with Gasteiger partial charge < -0.3 is 5.32 Å². The molecule has 7 heteroatoms. The lowest BCUT2D eigenvalue weighted by Crippen LogP contribution is -2.45. The van der Waals surface area contributed by atoms with Crippen LogP contribution in [0.3, 0.4) is 0 Å². The summed E-state index contributed by atoms with van der Waals surface area (Å²) < 4.78 is 0. The summed E-state index contributed by atoms with van der Waals surface area (Å²) in [5.41, 5.74) is 2.60. The zero-order valence-corrected chi connectivity index (χ0v) is 9.82. The molecule has 5 N–H and O–H groups in total. The number of aromatic nitrogens is 3. The second kappa shape index (κ2) is 6.19. The van der Waals surface area contributed by atoms with Crippen molar-refractivity contribution in [3.8, 4) is 0 Å². The molecule has 0 amide bonds. The molecule has 7 nitrogen and oxygen atoms in total. The van der Waals surface area contributed by atoms with Crippen LogP contribution in [0.2, 0.25) is 0 Å². The number of hydrazine groups is 1. The number of hydrogen-bond donors (Lipinski definition) is 4. The van der Waals surface area contributed by atoms with E-state index in [9.17, 15) is 0 Å². The van der Waals surface area contributed by atoms with Crippen LogP contribution >= 0.6 is 0 Å². The number of nitrogens with one attached hydrogen (secondary N) is 3. The summed E-state index contributed by atoms with van der Waals surface area (Å²) in [5.74, 6) is 6.93. The van der Waals surface area contributed by atoms with Crippen molar-refractivity contribution in [2.45, 2.75) is 38.1 Å². The zero-order valence-electron chi connectivity index (χ0n) is 9.82. The van der Waals surface area contributed by atoms with Crippen LogP contribution in [-0.2, 0) is 6.42 Å². The van der Waals surface area contributed by atoms with E-state index in [-0.39, 0.29) is 0 Å². The van der Waals surface area contributed by atoms with Crippen LogP contribution in [0.5, 0.6) is 0 Å². The molecular weight excluding hydrogens is 218 g/mol. The fraction of sp³-hybridized carbons (Fsp3) is 0.700. The maximum atomic E-state index is 5.43. The molecular formula is C10H19N7. The molecule has 0 bridgehead atoms. The minimum atomic E-state index is 0.509. The number of H-pyrrole nitrogens is 1. The van der Waals surface area contributed by atoms with E-state index in [1.165, 1.54) is 32.0 Å². The lowest BCUT2D eigenvalue weighted by Gasteiger charge is -2.14. The number of aliphatic imine (C=N–C) groups is 1. The predicted molar refractivity (Wildman–Crippen MR) is 65.1 cm³/mol. The molecule has 0 spiro atoms. The number of rotatable bonds is 4. The summed E-state index contributed by atoms with van der Waals surface area (Å²) >= 11 is 0. The average Bonchev–Trinajstić information content (AvgIpc) is 3.00.